The molecule has 100 valence electrons. The van der Waals surface area contributed by atoms with Crippen LogP contribution in [0.25, 0.3) is 11.0 Å². The number of benzene rings is 1. The van der Waals surface area contributed by atoms with Crippen LogP contribution in [0, 0.1) is 0 Å². The molecule has 0 aliphatic heterocycles. The van der Waals surface area contributed by atoms with Crippen LogP contribution in [-0.4, -0.2) is 19.2 Å². The molecule has 6 heteroatoms. The van der Waals surface area contributed by atoms with Crippen molar-refractivity contribution in [3.8, 4) is 5.75 Å². The molecular weight excluding hydrogens is 272 g/mol. The van der Waals surface area contributed by atoms with Crippen molar-refractivity contribution in [3.05, 3.63) is 39.7 Å². The summed E-state index contributed by atoms with van der Waals surface area (Å²) in [5.41, 5.74) is 0.0376. The van der Waals surface area contributed by atoms with E-state index < -0.39 is 5.97 Å². The molecular formula is C13H11ClO5. The molecule has 0 atom stereocenters. The third-order valence-corrected chi connectivity index (χ3v) is 2.63. The molecule has 19 heavy (non-hydrogen) atoms. The average Bonchev–Trinajstić information content (AvgIpc) is 2.41. The summed E-state index contributed by atoms with van der Waals surface area (Å²) in [6.07, 6.45) is 1.17. The number of rotatable bonds is 4. The molecule has 0 saturated carbocycles. The number of fused-ring (bicyclic) bond motifs is 1. The second kappa shape index (κ2) is 5.75. The molecule has 0 spiro atoms. The molecule has 0 amide bonds. The van der Waals surface area contributed by atoms with Gasteiger partial charge in [-0.1, -0.05) is 11.6 Å². The van der Waals surface area contributed by atoms with Gasteiger partial charge in [0.05, 0.1) is 12.0 Å². The van der Waals surface area contributed by atoms with E-state index in [1.165, 1.54) is 18.4 Å². The molecule has 0 radical (unpaired) electrons. The van der Waals surface area contributed by atoms with Crippen molar-refractivity contribution >= 4 is 28.5 Å². The van der Waals surface area contributed by atoms with Gasteiger partial charge in [0.1, 0.15) is 22.6 Å². The van der Waals surface area contributed by atoms with Crippen molar-refractivity contribution in [1.82, 2.24) is 0 Å². The summed E-state index contributed by atoms with van der Waals surface area (Å²) in [4.78, 5) is 22.8. The lowest BCUT2D eigenvalue weighted by Gasteiger charge is -2.06. The zero-order chi connectivity index (χ0) is 13.8. The Labute approximate surface area is 113 Å². The van der Waals surface area contributed by atoms with Crippen LogP contribution in [0.2, 0.25) is 5.02 Å². The highest BCUT2D eigenvalue weighted by Crippen LogP contribution is 2.20. The Morgan fingerprint density at radius 1 is 1.42 bits per heavy atom. The summed E-state index contributed by atoms with van der Waals surface area (Å²) in [7, 11) is 0. The van der Waals surface area contributed by atoms with Crippen LogP contribution in [0.1, 0.15) is 6.92 Å². The summed E-state index contributed by atoms with van der Waals surface area (Å²) in [6.45, 7) is 1.82. The van der Waals surface area contributed by atoms with Crippen molar-refractivity contribution in [2.45, 2.75) is 6.92 Å². The van der Waals surface area contributed by atoms with Crippen molar-refractivity contribution in [3.63, 3.8) is 0 Å². The number of carbonyl (C=O) groups excluding carboxylic acids is 1. The van der Waals surface area contributed by atoms with Gasteiger partial charge in [0.15, 0.2) is 6.61 Å². The minimum Gasteiger partial charge on any atom is -0.482 e. The number of carbonyl (C=O) groups is 1. The third-order valence-electron chi connectivity index (χ3n) is 2.37. The van der Waals surface area contributed by atoms with E-state index >= 15 is 0 Å². The molecule has 1 aromatic carbocycles. The number of halogens is 1. The zero-order valence-electron chi connectivity index (χ0n) is 10.1. The smallest absolute Gasteiger partial charge is 0.344 e. The highest BCUT2D eigenvalue weighted by atomic mass is 35.5. The second-order valence-electron chi connectivity index (χ2n) is 3.66. The van der Waals surface area contributed by atoms with E-state index in [1.807, 2.05) is 0 Å². The maximum atomic E-state index is 11.7. The molecule has 0 aliphatic carbocycles. The fourth-order valence-corrected chi connectivity index (χ4v) is 1.67. The lowest BCUT2D eigenvalue weighted by Crippen LogP contribution is -2.14. The number of hydrogen-bond donors (Lipinski definition) is 0. The lowest BCUT2D eigenvalue weighted by molar-refractivity contribution is -0.145. The Morgan fingerprint density at radius 2 is 2.21 bits per heavy atom. The highest BCUT2D eigenvalue weighted by Gasteiger charge is 2.08. The first-order chi connectivity index (χ1) is 9.11. The standard InChI is InChI=1S/C13H11ClO5/c1-2-17-12(15)7-18-8-3-4-9-11(5-8)19-6-10(14)13(9)16/h3-6H,2,7H2,1H3. The lowest BCUT2D eigenvalue weighted by atomic mass is 10.2. The number of hydrogen-bond acceptors (Lipinski definition) is 5. The first-order valence-electron chi connectivity index (χ1n) is 5.61. The van der Waals surface area contributed by atoms with E-state index in [4.69, 9.17) is 25.5 Å². The second-order valence-corrected chi connectivity index (χ2v) is 4.07. The van der Waals surface area contributed by atoms with Crippen LogP contribution in [-0.2, 0) is 9.53 Å². The molecule has 2 rings (SSSR count). The topological polar surface area (TPSA) is 65.7 Å². The Balaban J connectivity index is 2.21. The minimum absolute atomic E-state index is 0.0210. The molecule has 5 nitrogen and oxygen atoms in total. The van der Waals surface area contributed by atoms with E-state index in [2.05, 4.69) is 0 Å². The summed E-state index contributed by atoms with van der Waals surface area (Å²) in [5, 5.41) is 0.378. The van der Waals surface area contributed by atoms with Gasteiger partial charge in [-0.3, -0.25) is 4.79 Å². The first kappa shape index (κ1) is 13.4. The van der Waals surface area contributed by atoms with Gasteiger partial charge in [0.2, 0.25) is 5.43 Å². The number of esters is 1. The molecule has 0 fully saturated rings. The van der Waals surface area contributed by atoms with Crippen molar-refractivity contribution in [2.24, 2.45) is 0 Å². The predicted molar refractivity (Wildman–Crippen MR) is 69.6 cm³/mol. The van der Waals surface area contributed by atoms with Crippen molar-refractivity contribution in [2.75, 3.05) is 13.2 Å². The van der Waals surface area contributed by atoms with Crippen molar-refractivity contribution in [1.29, 1.82) is 0 Å². The van der Waals surface area contributed by atoms with E-state index in [1.54, 1.807) is 13.0 Å². The third kappa shape index (κ3) is 3.06. The van der Waals surface area contributed by atoms with E-state index in [9.17, 15) is 9.59 Å². The fraction of sp³-hybridized carbons (Fsp3) is 0.231. The SMILES string of the molecule is CCOC(=O)COc1ccc2c(=O)c(Cl)coc2c1. The normalized spacial score (nSPS) is 10.4. The largest absolute Gasteiger partial charge is 0.482 e. The molecule has 0 aliphatic rings. The van der Waals surface area contributed by atoms with E-state index in [0.29, 0.717) is 23.3 Å². The Kier molecular flexibility index (Phi) is 4.06. The van der Waals surface area contributed by atoms with E-state index in [0.717, 1.165) is 0 Å². The van der Waals surface area contributed by atoms with Gasteiger partial charge in [0.25, 0.3) is 0 Å². The maximum Gasteiger partial charge on any atom is 0.344 e. The summed E-state index contributed by atoms with van der Waals surface area (Å²) in [5.74, 6) is -0.0498. The number of ether oxygens (including phenoxy) is 2. The summed E-state index contributed by atoms with van der Waals surface area (Å²) in [6, 6.07) is 4.62. The van der Waals surface area contributed by atoms with Crippen LogP contribution in [0.4, 0.5) is 0 Å². The van der Waals surface area contributed by atoms with Crippen LogP contribution in [0.3, 0.4) is 0 Å². The fourth-order valence-electron chi connectivity index (χ4n) is 1.52. The molecule has 0 saturated heterocycles. The van der Waals surface area contributed by atoms with Gasteiger partial charge >= 0.3 is 5.97 Å². The Hall–Kier alpha value is -2.01. The summed E-state index contributed by atoms with van der Waals surface area (Å²) >= 11 is 5.67. The van der Waals surface area contributed by atoms with Gasteiger partial charge in [0, 0.05) is 6.07 Å². The molecule has 1 heterocycles. The monoisotopic (exact) mass is 282 g/mol. The van der Waals surface area contributed by atoms with Gasteiger partial charge < -0.3 is 13.9 Å². The van der Waals surface area contributed by atoms with Crippen LogP contribution >= 0.6 is 11.6 Å². The maximum absolute atomic E-state index is 11.7. The molecule has 0 bridgehead atoms. The zero-order valence-corrected chi connectivity index (χ0v) is 10.9. The molecule has 0 N–H and O–H groups in total. The first-order valence-corrected chi connectivity index (χ1v) is 5.99. The Bertz CT molecular complexity index is 662. The Morgan fingerprint density at radius 3 is 2.95 bits per heavy atom. The van der Waals surface area contributed by atoms with Gasteiger partial charge in [-0.15, -0.1) is 0 Å². The molecule has 0 unspecified atom stereocenters. The summed E-state index contributed by atoms with van der Waals surface area (Å²) < 4.78 is 15.2. The highest BCUT2D eigenvalue weighted by molar-refractivity contribution is 6.30. The molecule has 2 aromatic rings. The van der Waals surface area contributed by atoms with Crippen LogP contribution in [0.5, 0.6) is 5.75 Å². The van der Waals surface area contributed by atoms with Crippen LogP contribution < -0.4 is 10.2 Å². The van der Waals surface area contributed by atoms with Gasteiger partial charge in [-0.2, -0.15) is 0 Å². The van der Waals surface area contributed by atoms with E-state index in [-0.39, 0.29) is 17.1 Å². The van der Waals surface area contributed by atoms with Crippen LogP contribution in [0.15, 0.2) is 33.7 Å². The molecule has 1 aromatic heterocycles. The van der Waals surface area contributed by atoms with Crippen molar-refractivity contribution < 1.29 is 18.7 Å². The predicted octanol–water partition coefficient (Wildman–Crippen LogP) is 2.39. The minimum atomic E-state index is -0.458. The quantitative estimate of drug-likeness (QED) is 0.806. The van der Waals surface area contributed by atoms with Gasteiger partial charge in [-0.25, -0.2) is 4.79 Å². The average molecular weight is 283 g/mol. The van der Waals surface area contributed by atoms with Gasteiger partial charge in [-0.05, 0) is 19.1 Å².